The smallest absolute Gasteiger partial charge is 0.259 e. The van der Waals surface area contributed by atoms with Crippen molar-refractivity contribution in [3.8, 4) is 0 Å². The lowest BCUT2D eigenvalue weighted by atomic mass is 10.0. The van der Waals surface area contributed by atoms with Crippen molar-refractivity contribution in [2.45, 2.75) is 13.8 Å². The van der Waals surface area contributed by atoms with E-state index in [1.165, 1.54) is 29.9 Å². The fourth-order valence-corrected chi connectivity index (χ4v) is 3.28. The molecular formula is C20H15N5O5. The number of anilines is 1. The van der Waals surface area contributed by atoms with Crippen molar-refractivity contribution < 1.29 is 24.0 Å². The van der Waals surface area contributed by atoms with Gasteiger partial charge in [0.25, 0.3) is 23.6 Å². The molecule has 2 aliphatic rings. The van der Waals surface area contributed by atoms with Gasteiger partial charge in [-0.1, -0.05) is 0 Å². The molecule has 0 unspecified atom stereocenters. The summed E-state index contributed by atoms with van der Waals surface area (Å²) in [6, 6.07) is 6.24. The van der Waals surface area contributed by atoms with Gasteiger partial charge in [-0.3, -0.25) is 34.6 Å². The Hall–Kier alpha value is -4.34. The first-order valence-electron chi connectivity index (χ1n) is 8.81. The van der Waals surface area contributed by atoms with Gasteiger partial charge in [-0.05, 0) is 36.8 Å². The summed E-state index contributed by atoms with van der Waals surface area (Å²) in [5.41, 5.74) is 8.87. The fourth-order valence-electron chi connectivity index (χ4n) is 3.28. The Balaban J connectivity index is 0.000000151. The third kappa shape index (κ3) is 2.91. The van der Waals surface area contributed by atoms with E-state index in [2.05, 4.69) is 15.7 Å². The number of amides is 4. The number of fused-ring (bicyclic) bond motifs is 3. The average Bonchev–Trinajstić information content (AvgIpc) is 3.31. The largest absolute Gasteiger partial charge is 0.398 e. The monoisotopic (exact) mass is 405 g/mol. The van der Waals surface area contributed by atoms with E-state index in [9.17, 15) is 24.0 Å². The van der Waals surface area contributed by atoms with Crippen LogP contribution in [0.25, 0.3) is 10.9 Å². The molecule has 0 fully saturated rings. The van der Waals surface area contributed by atoms with Gasteiger partial charge in [0.2, 0.25) is 5.91 Å². The van der Waals surface area contributed by atoms with Gasteiger partial charge in [0.1, 0.15) is 0 Å². The Morgan fingerprint density at radius 2 is 1.37 bits per heavy atom. The highest BCUT2D eigenvalue weighted by Crippen LogP contribution is 2.24. The molecular weight excluding hydrogens is 390 g/mol. The molecule has 3 aromatic rings. The summed E-state index contributed by atoms with van der Waals surface area (Å²) in [5, 5.41) is 8.97. The summed E-state index contributed by atoms with van der Waals surface area (Å²) in [4.78, 5) is 56.5. The topological polar surface area (TPSA) is 153 Å². The summed E-state index contributed by atoms with van der Waals surface area (Å²) in [6.07, 6.45) is 1.49. The summed E-state index contributed by atoms with van der Waals surface area (Å²) in [7, 11) is 0. The molecule has 4 N–H and O–H groups in total. The molecule has 0 aliphatic carbocycles. The molecule has 0 saturated heterocycles. The van der Waals surface area contributed by atoms with E-state index in [0.717, 1.165) is 5.56 Å². The Labute approximate surface area is 169 Å². The molecule has 3 heterocycles. The Bertz CT molecular complexity index is 1280. The van der Waals surface area contributed by atoms with Gasteiger partial charge in [0, 0.05) is 18.0 Å². The SMILES string of the molecule is CC(=O)n1ncc2cc3c(cc21)C(=O)NC3=O.Cc1cc2c(cc1N)C(=O)NC2=O. The predicted molar refractivity (Wildman–Crippen MR) is 105 cm³/mol. The molecule has 0 radical (unpaired) electrons. The van der Waals surface area contributed by atoms with Crippen LogP contribution < -0.4 is 16.4 Å². The maximum atomic E-state index is 11.5. The number of aromatic nitrogens is 2. The van der Waals surface area contributed by atoms with Crippen molar-refractivity contribution in [2.75, 3.05) is 5.73 Å². The molecule has 150 valence electrons. The molecule has 0 bridgehead atoms. The van der Waals surface area contributed by atoms with E-state index >= 15 is 0 Å². The minimum atomic E-state index is -0.441. The molecule has 0 spiro atoms. The van der Waals surface area contributed by atoms with Crippen molar-refractivity contribution in [3.05, 3.63) is 58.3 Å². The number of nitrogens with two attached hydrogens (primary N) is 1. The van der Waals surface area contributed by atoms with Crippen molar-refractivity contribution in [1.82, 2.24) is 20.4 Å². The molecule has 10 nitrogen and oxygen atoms in total. The Morgan fingerprint density at radius 3 is 1.93 bits per heavy atom. The van der Waals surface area contributed by atoms with Crippen LogP contribution >= 0.6 is 0 Å². The molecule has 30 heavy (non-hydrogen) atoms. The second kappa shape index (κ2) is 6.62. The van der Waals surface area contributed by atoms with Gasteiger partial charge in [0.05, 0.1) is 34.0 Å². The predicted octanol–water partition coefficient (Wildman–Crippen LogP) is 1.04. The third-order valence-corrected chi connectivity index (χ3v) is 4.84. The number of hydrogen-bond donors (Lipinski definition) is 3. The zero-order valence-corrected chi connectivity index (χ0v) is 15.9. The summed E-state index contributed by atoms with van der Waals surface area (Å²) in [6.45, 7) is 3.18. The number of rotatable bonds is 0. The van der Waals surface area contributed by atoms with Crippen molar-refractivity contribution >= 4 is 46.1 Å². The molecule has 2 aromatic carbocycles. The number of hydrogen-bond acceptors (Lipinski definition) is 7. The molecule has 1 aromatic heterocycles. The number of nitrogens with zero attached hydrogens (tertiary/aromatic N) is 2. The normalized spacial score (nSPS) is 14.1. The second-order valence-corrected chi connectivity index (χ2v) is 6.85. The minimum absolute atomic E-state index is 0.246. The zero-order valence-electron chi connectivity index (χ0n) is 15.9. The number of nitrogen functional groups attached to an aromatic ring is 1. The number of aryl methyl sites for hydroxylation is 1. The van der Waals surface area contributed by atoms with E-state index in [1.54, 1.807) is 19.1 Å². The van der Waals surface area contributed by atoms with Crippen molar-refractivity contribution in [2.24, 2.45) is 0 Å². The number of imide groups is 2. The van der Waals surface area contributed by atoms with E-state index in [-0.39, 0.29) is 23.3 Å². The maximum absolute atomic E-state index is 11.5. The Kier molecular flexibility index (Phi) is 4.19. The van der Waals surface area contributed by atoms with Gasteiger partial charge in [-0.25, -0.2) is 4.68 Å². The lowest BCUT2D eigenvalue weighted by Crippen LogP contribution is -2.19. The van der Waals surface area contributed by atoms with Gasteiger partial charge < -0.3 is 5.73 Å². The van der Waals surface area contributed by atoms with Crippen LogP contribution in [0.5, 0.6) is 0 Å². The van der Waals surface area contributed by atoms with E-state index < -0.39 is 11.8 Å². The van der Waals surface area contributed by atoms with Gasteiger partial charge in [-0.15, -0.1) is 0 Å². The molecule has 5 rings (SSSR count). The molecule has 2 aliphatic heterocycles. The van der Waals surface area contributed by atoms with Crippen LogP contribution in [-0.2, 0) is 0 Å². The van der Waals surface area contributed by atoms with Gasteiger partial charge in [-0.2, -0.15) is 5.10 Å². The standard InChI is InChI=1S/C11H7N3O3.C9H8N2O2/c1-5(15)14-9-3-8-7(2-6(9)4-12-14)10(16)13-11(8)17;1-4-2-5-6(3-7(4)10)9(13)11-8(5)12/h2-4H,1H3,(H,13,16,17);2-3H,10H2,1H3,(H,11,12,13). The molecule has 0 saturated carbocycles. The van der Waals surface area contributed by atoms with Crippen molar-refractivity contribution in [1.29, 1.82) is 0 Å². The van der Waals surface area contributed by atoms with E-state index in [0.29, 0.717) is 33.3 Å². The fraction of sp³-hybridized carbons (Fsp3) is 0.100. The summed E-state index contributed by atoms with van der Waals surface area (Å²) < 4.78 is 1.20. The Morgan fingerprint density at radius 1 is 0.867 bits per heavy atom. The molecule has 4 amide bonds. The first kappa shape index (κ1) is 19.0. The highest BCUT2D eigenvalue weighted by molar-refractivity contribution is 6.23. The van der Waals surface area contributed by atoms with Crippen LogP contribution in [0.4, 0.5) is 5.69 Å². The number of nitrogens with one attached hydrogen (secondary N) is 2. The van der Waals surface area contributed by atoms with Crippen LogP contribution in [0.2, 0.25) is 0 Å². The molecule has 10 heteroatoms. The first-order chi connectivity index (χ1) is 14.2. The number of carbonyl (C=O) groups excluding carboxylic acids is 5. The minimum Gasteiger partial charge on any atom is -0.398 e. The third-order valence-electron chi connectivity index (χ3n) is 4.84. The van der Waals surface area contributed by atoms with Crippen LogP contribution in [0.1, 0.15) is 58.7 Å². The first-order valence-corrected chi connectivity index (χ1v) is 8.81. The second-order valence-electron chi connectivity index (χ2n) is 6.85. The lowest BCUT2D eigenvalue weighted by molar-refractivity contribution is 0.0863. The zero-order chi connectivity index (χ0) is 21.7. The summed E-state index contributed by atoms with van der Waals surface area (Å²) >= 11 is 0. The lowest BCUT2D eigenvalue weighted by Gasteiger charge is -2.00. The quantitative estimate of drug-likeness (QED) is 0.373. The number of benzene rings is 2. The van der Waals surface area contributed by atoms with Gasteiger partial charge >= 0.3 is 0 Å². The van der Waals surface area contributed by atoms with Crippen LogP contribution in [0.15, 0.2) is 30.5 Å². The highest BCUT2D eigenvalue weighted by atomic mass is 16.2. The maximum Gasteiger partial charge on any atom is 0.259 e. The summed E-state index contributed by atoms with van der Waals surface area (Å²) in [5.74, 6) is -1.81. The van der Waals surface area contributed by atoms with Crippen LogP contribution in [0, 0.1) is 6.92 Å². The van der Waals surface area contributed by atoms with Crippen LogP contribution in [-0.4, -0.2) is 39.3 Å². The van der Waals surface area contributed by atoms with Gasteiger partial charge in [0.15, 0.2) is 0 Å². The van der Waals surface area contributed by atoms with Crippen molar-refractivity contribution in [3.63, 3.8) is 0 Å². The van der Waals surface area contributed by atoms with E-state index in [1.807, 2.05) is 0 Å². The molecule has 0 atom stereocenters. The average molecular weight is 405 g/mol. The number of carbonyl (C=O) groups is 5. The van der Waals surface area contributed by atoms with E-state index in [4.69, 9.17) is 5.73 Å². The van der Waals surface area contributed by atoms with Crippen LogP contribution in [0.3, 0.4) is 0 Å². The highest BCUT2D eigenvalue weighted by Gasteiger charge is 2.28.